The summed E-state index contributed by atoms with van der Waals surface area (Å²) in [6, 6.07) is 11.2. The lowest BCUT2D eigenvalue weighted by Gasteiger charge is -2.06. The summed E-state index contributed by atoms with van der Waals surface area (Å²) in [4.78, 5) is 15.4. The number of aromatic amines is 1. The molecule has 0 aliphatic carbocycles. The SMILES string of the molecule is Cc1ccc(C(=O)Nc2c[nH]c3ccc(Br)c(Cl)c23)cc1. The van der Waals surface area contributed by atoms with Crippen molar-refractivity contribution in [1.29, 1.82) is 0 Å². The molecule has 0 unspecified atom stereocenters. The van der Waals surface area contributed by atoms with Gasteiger partial charge in [0, 0.05) is 27.1 Å². The fourth-order valence-electron chi connectivity index (χ4n) is 2.15. The Labute approximate surface area is 135 Å². The van der Waals surface area contributed by atoms with Crippen molar-refractivity contribution in [3.63, 3.8) is 0 Å². The normalized spacial score (nSPS) is 10.8. The summed E-state index contributed by atoms with van der Waals surface area (Å²) in [5.74, 6) is -0.160. The van der Waals surface area contributed by atoms with E-state index >= 15 is 0 Å². The Kier molecular flexibility index (Phi) is 3.74. The summed E-state index contributed by atoms with van der Waals surface area (Å²) in [5.41, 5.74) is 3.27. The summed E-state index contributed by atoms with van der Waals surface area (Å²) in [5, 5.41) is 4.27. The number of carbonyl (C=O) groups excluding carboxylic acids is 1. The smallest absolute Gasteiger partial charge is 0.255 e. The number of halogens is 2. The van der Waals surface area contributed by atoms with Crippen LogP contribution in [0.25, 0.3) is 10.9 Å². The minimum absolute atomic E-state index is 0.160. The maximum Gasteiger partial charge on any atom is 0.255 e. The predicted octanol–water partition coefficient (Wildman–Crippen LogP) is 5.14. The van der Waals surface area contributed by atoms with Gasteiger partial charge in [0.25, 0.3) is 5.91 Å². The Balaban J connectivity index is 1.96. The molecule has 0 radical (unpaired) electrons. The van der Waals surface area contributed by atoms with Gasteiger partial charge in [-0.2, -0.15) is 0 Å². The number of carbonyl (C=O) groups is 1. The van der Waals surface area contributed by atoms with E-state index < -0.39 is 0 Å². The molecule has 0 bridgehead atoms. The maximum atomic E-state index is 12.3. The molecule has 0 aliphatic rings. The van der Waals surface area contributed by atoms with E-state index in [2.05, 4.69) is 26.2 Å². The van der Waals surface area contributed by atoms with Crippen molar-refractivity contribution in [1.82, 2.24) is 4.98 Å². The van der Waals surface area contributed by atoms with E-state index in [0.29, 0.717) is 16.3 Å². The fourth-order valence-corrected chi connectivity index (χ4v) is 2.75. The molecule has 1 amide bonds. The van der Waals surface area contributed by atoms with Crippen LogP contribution in [0.1, 0.15) is 15.9 Å². The van der Waals surface area contributed by atoms with Gasteiger partial charge in [0.1, 0.15) is 0 Å². The quantitative estimate of drug-likeness (QED) is 0.650. The van der Waals surface area contributed by atoms with Gasteiger partial charge in [-0.1, -0.05) is 29.3 Å². The number of nitrogens with one attached hydrogen (secondary N) is 2. The molecule has 3 rings (SSSR count). The van der Waals surface area contributed by atoms with Crippen LogP contribution in [0.5, 0.6) is 0 Å². The topological polar surface area (TPSA) is 44.9 Å². The van der Waals surface area contributed by atoms with Gasteiger partial charge in [-0.15, -0.1) is 0 Å². The second kappa shape index (κ2) is 5.54. The number of benzene rings is 2. The van der Waals surface area contributed by atoms with Crippen LogP contribution in [0.2, 0.25) is 5.02 Å². The highest BCUT2D eigenvalue weighted by atomic mass is 79.9. The number of fused-ring (bicyclic) bond motifs is 1. The third-order valence-corrected chi connectivity index (χ3v) is 4.58. The van der Waals surface area contributed by atoms with Crippen LogP contribution < -0.4 is 5.32 Å². The first-order valence-corrected chi connectivity index (χ1v) is 7.56. The second-order valence-electron chi connectivity index (χ2n) is 4.81. The first-order valence-electron chi connectivity index (χ1n) is 6.39. The number of aryl methyl sites for hydroxylation is 1. The molecule has 0 fully saturated rings. The van der Waals surface area contributed by atoms with Crippen molar-refractivity contribution >= 4 is 50.0 Å². The van der Waals surface area contributed by atoms with E-state index in [1.54, 1.807) is 18.3 Å². The maximum absolute atomic E-state index is 12.3. The highest BCUT2D eigenvalue weighted by Crippen LogP contribution is 2.35. The molecule has 0 saturated heterocycles. The first kappa shape index (κ1) is 14.2. The van der Waals surface area contributed by atoms with Crippen molar-refractivity contribution in [2.45, 2.75) is 6.92 Å². The lowest BCUT2D eigenvalue weighted by molar-refractivity contribution is 0.102. The Hall–Kier alpha value is -1.78. The lowest BCUT2D eigenvalue weighted by Crippen LogP contribution is -2.11. The van der Waals surface area contributed by atoms with Gasteiger partial charge in [0.15, 0.2) is 0 Å². The molecule has 21 heavy (non-hydrogen) atoms. The zero-order chi connectivity index (χ0) is 15.0. The van der Waals surface area contributed by atoms with Gasteiger partial charge in [0.05, 0.1) is 10.7 Å². The van der Waals surface area contributed by atoms with Crippen molar-refractivity contribution in [3.8, 4) is 0 Å². The Morgan fingerprint density at radius 2 is 1.90 bits per heavy atom. The zero-order valence-corrected chi connectivity index (χ0v) is 13.5. The molecule has 0 spiro atoms. The molecule has 106 valence electrons. The largest absolute Gasteiger partial charge is 0.359 e. The molecule has 3 nitrogen and oxygen atoms in total. The molecule has 3 aromatic rings. The average molecular weight is 364 g/mol. The minimum atomic E-state index is -0.160. The molecule has 1 aromatic heterocycles. The van der Waals surface area contributed by atoms with E-state index in [0.717, 1.165) is 20.9 Å². The Morgan fingerprint density at radius 1 is 1.19 bits per heavy atom. The van der Waals surface area contributed by atoms with Gasteiger partial charge >= 0.3 is 0 Å². The summed E-state index contributed by atoms with van der Waals surface area (Å²) >= 11 is 9.70. The molecule has 5 heteroatoms. The lowest BCUT2D eigenvalue weighted by atomic mass is 10.1. The van der Waals surface area contributed by atoms with Crippen LogP contribution in [0.15, 0.2) is 47.1 Å². The number of anilines is 1. The van der Waals surface area contributed by atoms with E-state index in [-0.39, 0.29) is 5.91 Å². The molecule has 0 saturated carbocycles. The van der Waals surface area contributed by atoms with Crippen LogP contribution in [-0.4, -0.2) is 10.9 Å². The van der Waals surface area contributed by atoms with Crippen LogP contribution in [0, 0.1) is 6.92 Å². The number of amides is 1. The van der Waals surface area contributed by atoms with Crippen LogP contribution in [0.3, 0.4) is 0 Å². The highest BCUT2D eigenvalue weighted by Gasteiger charge is 2.13. The van der Waals surface area contributed by atoms with Crippen molar-refractivity contribution in [3.05, 3.63) is 63.2 Å². The fraction of sp³-hybridized carbons (Fsp3) is 0.0625. The third-order valence-electron chi connectivity index (χ3n) is 3.30. The Bertz CT molecular complexity index is 824. The van der Waals surface area contributed by atoms with Gasteiger partial charge in [-0.05, 0) is 47.1 Å². The summed E-state index contributed by atoms with van der Waals surface area (Å²) in [6.45, 7) is 1.98. The van der Waals surface area contributed by atoms with Crippen LogP contribution >= 0.6 is 27.5 Å². The van der Waals surface area contributed by atoms with E-state index in [1.807, 2.05) is 31.2 Å². The van der Waals surface area contributed by atoms with Crippen molar-refractivity contribution in [2.24, 2.45) is 0 Å². The monoisotopic (exact) mass is 362 g/mol. The molecule has 1 heterocycles. The van der Waals surface area contributed by atoms with Gasteiger partial charge < -0.3 is 10.3 Å². The number of hydrogen-bond acceptors (Lipinski definition) is 1. The van der Waals surface area contributed by atoms with Gasteiger partial charge in [-0.3, -0.25) is 4.79 Å². The molecule has 2 aromatic carbocycles. The first-order chi connectivity index (χ1) is 10.1. The highest BCUT2D eigenvalue weighted by molar-refractivity contribution is 9.10. The number of rotatable bonds is 2. The predicted molar refractivity (Wildman–Crippen MR) is 90.1 cm³/mol. The number of hydrogen-bond donors (Lipinski definition) is 2. The minimum Gasteiger partial charge on any atom is -0.359 e. The second-order valence-corrected chi connectivity index (χ2v) is 6.04. The average Bonchev–Trinajstić information content (AvgIpc) is 2.87. The van der Waals surface area contributed by atoms with Crippen molar-refractivity contribution < 1.29 is 4.79 Å². The third kappa shape index (κ3) is 2.69. The van der Waals surface area contributed by atoms with Crippen LogP contribution in [-0.2, 0) is 0 Å². The zero-order valence-electron chi connectivity index (χ0n) is 11.2. The summed E-state index contributed by atoms with van der Waals surface area (Å²) in [7, 11) is 0. The number of H-pyrrole nitrogens is 1. The van der Waals surface area contributed by atoms with Crippen molar-refractivity contribution in [2.75, 3.05) is 5.32 Å². The van der Waals surface area contributed by atoms with Gasteiger partial charge in [0.2, 0.25) is 0 Å². The van der Waals surface area contributed by atoms with Gasteiger partial charge in [-0.25, -0.2) is 0 Å². The standard InChI is InChI=1S/C16H12BrClN2O/c1-9-2-4-10(5-3-9)16(21)20-13-8-19-12-7-6-11(17)15(18)14(12)13/h2-8,19H,1H3,(H,20,21). The number of aromatic nitrogens is 1. The molecule has 0 atom stereocenters. The molecular formula is C16H12BrClN2O. The van der Waals surface area contributed by atoms with E-state index in [9.17, 15) is 4.79 Å². The summed E-state index contributed by atoms with van der Waals surface area (Å²) in [6.07, 6.45) is 1.75. The van der Waals surface area contributed by atoms with E-state index in [1.165, 1.54) is 0 Å². The van der Waals surface area contributed by atoms with Crippen LogP contribution in [0.4, 0.5) is 5.69 Å². The molecule has 0 aliphatic heterocycles. The Morgan fingerprint density at radius 3 is 2.62 bits per heavy atom. The van der Waals surface area contributed by atoms with E-state index in [4.69, 9.17) is 11.6 Å². The summed E-state index contributed by atoms with van der Waals surface area (Å²) < 4.78 is 0.794. The molecular weight excluding hydrogens is 352 g/mol. The molecule has 2 N–H and O–H groups in total.